The third-order valence-electron chi connectivity index (χ3n) is 5.69. The maximum atomic E-state index is 13.3. The number of aromatic amines is 2. The highest BCUT2D eigenvalue weighted by Crippen LogP contribution is 2.30. The molecular formula is C23H23N5O. The summed E-state index contributed by atoms with van der Waals surface area (Å²) in [7, 11) is 0. The Labute approximate surface area is 169 Å². The van der Waals surface area contributed by atoms with E-state index in [0.29, 0.717) is 18.7 Å². The lowest BCUT2D eigenvalue weighted by Crippen LogP contribution is -2.38. The summed E-state index contributed by atoms with van der Waals surface area (Å²) in [6.45, 7) is 3.17. The highest BCUT2D eigenvalue weighted by molar-refractivity contribution is 5.97. The van der Waals surface area contributed by atoms with E-state index < -0.39 is 0 Å². The van der Waals surface area contributed by atoms with Crippen LogP contribution in [0, 0.1) is 6.92 Å². The molecule has 0 saturated heterocycles. The van der Waals surface area contributed by atoms with Gasteiger partial charge in [-0.3, -0.25) is 4.79 Å². The Bertz CT molecular complexity index is 1160. The SMILES string of the molecule is Cc1nc2ccc(C(=O)N3Cc4[nH]cnc4C(CCc4ccccc4)C3)cc2[nH]1. The highest BCUT2D eigenvalue weighted by atomic mass is 16.2. The van der Waals surface area contributed by atoms with Crippen LogP contribution in [0.1, 0.15) is 45.5 Å². The number of aromatic nitrogens is 4. The van der Waals surface area contributed by atoms with Gasteiger partial charge in [-0.2, -0.15) is 0 Å². The second-order valence-electron chi connectivity index (χ2n) is 7.73. The van der Waals surface area contributed by atoms with Gasteiger partial charge in [-0.15, -0.1) is 0 Å². The minimum atomic E-state index is 0.0455. The molecule has 146 valence electrons. The summed E-state index contributed by atoms with van der Waals surface area (Å²) < 4.78 is 0. The first-order valence-electron chi connectivity index (χ1n) is 9.99. The molecule has 0 bridgehead atoms. The quantitative estimate of drug-likeness (QED) is 0.558. The number of nitrogens with zero attached hydrogens (tertiary/aromatic N) is 3. The zero-order valence-corrected chi connectivity index (χ0v) is 16.4. The van der Waals surface area contributed by atoms with Gasteiger partial charge in [0.15, 0.2) is 0 Å². The normalized spacial score (nSPS) is 16.2. The van der Waals surface area contributed by atoms with Crippen LogP contribution in [-0.2, 0) is 13.0 Å². The third-order valence-corrected chi connectivity index (χ3v) is 5.69. The molecule has 1 aliphatic rings. The maximum Gasteiger partial charge on any atom is 0.254 e. The van der Waals surface area contributed by atoms with Gasteiger partial charge < -0.3 is 14.9 Å². The van der Waals surface area contributed by atoms with Crippen LogP contribution in [0.3, 0.4) is 0 Å². The largest absolute Gasteiger partial charge is 0.347 e. The van der Waals surface area contributed by atoms with Gasteiger partial charge in [-0.25, -0.2) is 9.97 Å². The van der Waals surface area contributed by atoms with Gasteiger partial charge in [-0.1, -0.05) is 30.3 Å². The Morgan fingerprint density at radius 3 is 2.93 bits per heavy atom. The number of imidazole rings is 2. The number of H-pyrrole nitrogens is 2. The van der Waals surface area contributed by atoms with Crippen molar-refractivity contribution in [2.75, 3.05) is 6.54 Å². The number of aryl methyl sites for hydroxylation is 2. The molecule has 2 aromatic heterocycles. The summed E-state index contributed by atoms with van der Waals surface area (Å²) in [5, 5.41) is 0. The monoisotopic (exact) mass is 385 g/mol. The Hall–Kier alpha value is -3.41. The molecule has 0 radical (unpaired) electrons. The molecule has 6 heteroatoms. The number of carbonyl (C=O) groups excluding carboxylic acids is 1. The minimum Gasteiger partial charge on any atom is -0.347 e. The van der Waals surface area contributed by atoms with Crippen molar-refractivity contribution in [2.45, 2.75) is 32.2 Å². The molecule has 0 fully saturated rings. The number of rotatable bonds is 4. The summed E-state index contributed by atoms with van der Waals surface area (Å²) in [4.78, 5) is 30.6. The summed E-state index contributed by atoms with van der Waals surface area (Å²) >= 11 is 0. The van der Waals surface area contributed by atoms with Crippen molar-refractivity contribution in [3.05, 3.63) is 83.2 Å². The van der Waals surface area contributed by atoms with Crippen LogP contribution in [0.5, 0.6) is 0 Å². The first-order chi connectivity index (χ1) is 14.2. The van der Waals surface area contributed by atoms with Crippen LogP contribution in [-0.4, -0.2) is 37.3 Å². The lowest BCUT2D eigenvalue weighted by atomic mass is 9.91. The molecule has 5 rings (SSSR count). The van der Waals surface area contributed by atoms with Crippen molar-refractivity contribution in [1.82, 2.24) is 24.8 Å². The van der Waals surface area contributed by atoms with E-state index in [2.05, 4.69) is 44.2 Å². The summed E-state index contributed by atoms with van der Waals surface area (Å²) in [5.41, 5.74) is 5.92. The van der Waals surface area contributed by atoms with Crippen molar-refractivity contribution in [2.24, 2.45) is 0 Å². The number of benzene rings is 2. The molecule has 3 heterocycles. The number of fused-ring (bicyclic) bond motifs is 2. The first-order valence-corrected chi connectivity index (χ1v) is 9.99. The fraction of sp³-hybridized carbons (Fsp3) is 0.261. The predicted molar refractivity (Wildman–Crippen MR) is 112 cm³/mol. The molecule has 0 spiro atoms. The van der Waals surface area contributed by atoms with Crippen LogP contribution in [0.25, 0.3) is 11.0 Å². The molecule has 1 amide bonds. The number of carbonyl (C=O) groups is 1. The van der Waals surface area contributed by atoms with E-state index in [9.17, 15) is 4.79 Å². The van der Waals surface area contributed by atoms with Gasteiger partial charge in [0, 0.05) is 18.0 Å². The van der Waals surface area contributed by atoms with Gasteiger partial charge >= 0.3 is 0 Å². The maximum absolute atomic E-state index is 13.3. The molecule has 1 unspecified atom stereocenters. The van der Waals surface area contributed by atoms with Crippen molar-refractivity contribution in [3.8, 4) is 0 Å². The van der Waals surface area contributed by atoms with E-state index in [1.165, 1.54) is 5.56 Å². The van der Waals surface area contributed by atoms with Crippen molar-refractivity contribution in [3.63, 3.8) is 0 Å². The van der Waals surface area contributed by atoms with Crippen molar-refractivity contribution < 1.29 is 4.79 Å². The van der Waals surface area contributed by atoms with Crippen LogP contribution in [0.4, 0.5) is 0 Å². The highest BCUT2D eigenvalue weighted by Gasteiger charge is 2.30. The van der Waals surface area contributed by atoms with E-state index >= 15 is 0 Å². The molecule has 4 aromatic rings. The van der Waals surface area contributed by atoms with Crippen LogP contribution >= 0.6 is 0 Å². The Morgan fingerprint density at radius 1 is 1.21 bits per heavy atom. The zero-order chi connectivity index (χ0) is 19.8. The first kappa shape index (κ1) is 17.7. The molecular weight excluding hydrogens is 362 g/mol. The Balaban J connectivity index is 1.38. The van der Waals surface area contributed by atoms with Gasteiger partial charge in [-0.05, 0) is 43.5 Å². The van der Waals surface area contributed by atoms with Gasteiger partial charge in [0.25, 0.3) is 5.91 Å². The standard InChI is InChI=1S/C23H23N5O/c1-15-26-19-10-9-17(11-20(19)27-15)23(29)28-12-18(22-21(13-28)24-14-25-22)8-7-16-5-3-2-4-6-16/h2-6,9-11,14,18H,7-8,12-13H2,1H3,(H,24,25)(H,26,27). The van der Waals surface area contributed by atoms with Crippen LogP contribution in [0.2, 0.25) is 0 Å². The Morgan fingerprint density at radius 2 is 2.07 bits per heavy atom. The molecule has 1 atom stereocenters. The fourth-order valence-corrected chi connectivity index (χ4v) is 4.24. The van der Waals surface area contributed by atoms with E-state index in [4.69, 9.17) is 0 Å². The Kier molecular flexibility index (Phi) is 4.39. The topological polar surface area (TPSA) is 77.7 Å². The summed E-state index contributed by atoms with van der Waals surface area (Å²) in [6, 6.07) is 16.2. The molecule has 2 N–H and O–H groups in total. The van der Waals surface area contributed by atoms with Gasteiger partial charge in [0.1, 0.15) is 5.82 Å². The predicted octanol–water partition coefficient (Wildman–Crippen LogP) is 3.97. The molecule has 0 saturated carbocycles. The van der Waals surface area contributed by atoms with Crippen molar-refractivity contribution >= 4 is 16.9 Å². The van der Waals surface area contributed by atoms with E-state index in [1.807, 2.05) is 36.1 Å². The fourth-order valence-electron chi connectivity index (χ4n) is 4.24. The third kappa shape index (κ3) is 3.42. The zero-order valence-electron chi connectivity index (χ0n) is 16.4. The minimum absolute atomic E-state index is 0.0455. The van der Waals surface area contributed by atoms with Crippen molar-refractivity contribution in [1.29, 1.82) is 0 Å². The lowest BCUT2D eigenvalue weighted by Gasteiger charge is -2.32. The molecule has 2 aromatic carbocycles. The van der Waals surface area contributed by atoms with Gasteiger partial charge in [0.05, 0.1) is 35.3 Å². The van der Waals surface area contributed by atoms with Crippen LogP contribution in [0.15, 0.2) is 54.9 Å². The summed E-state index contributed by atoms with van der Waals surface area (Å²) in [5.74, 6) is 1.13. The number of hydrogen-bond donors (Lipinski definition) is 2. The van der Waals surface area contributed by atoms with E-state index in [0.717, 1.165) is 41.1 Å². The molecule has 29 heavy (non-hydrogen) atoms. The smallest absolute Gasteiger partial charge is 0.254 e. The molecule has 6 nitrogen and oxygen atoms in total. The van der Waals surface area contributed by atoms with Crippen LogP contribution < -0.4 is 0 Å². The number of nitrogens with one attached hydrogen (secondary N) is 2. The molecule has 0 aliphatic carbocycles. The van der Waals surface area contributed by atoms with E-state index in [-0.39, 0.29) is 11.8 Å². The number of amides is 1. The number of hydrogen-bond acceptors (Lipinski definition) is 3. The summed E-state index contributed by atoms with van der Waals surface area (Å²) in [6.07, 6.45) is 3.68. The molecule has 1 aliphatic heterocycles. The second kappa shape index (κ2) is 7.20. The average Bonchev–Trinajstić information content (AvgIpc) is 3.36. The van der Waals surface area contributed by atoms with E-state index in [1.54, 1.807) is 6.33 Å². The second-order valence-corrected chi connectivity index (χ2v) is 7.73. The lowest BCUT2D eigenvalue weighted by molar-refractivity contribution is 0.0711. The van der Waals surface area contributed by atoms with Gasteiger partial charge in [0.2, 0.25) is 0 Å². The average molecular weight is 385 g/mol.